The first-order valence-corrected chi connectivity index (χ1v) is 17.0. The van der Waals surface area contributed by atoms with Gasteiger partial charge in [0.1, 0.15) is 18.5 Å². The van der Waals surface area contributed by atoms with Gasteiger partial charge >= 0.3 is 6.03 Å². The van der Waals surface area contributed by atoms with Gasteiger partial charge in [-0.1, -0.05) is 36.2 Å². The summed E-state index contributed by atoms with van der Waals surface area (Å²) < 4.78 is 8.01. The number of ketones is 1. The molecular formula is C35H41Cl2N7O5. The van der Waals surface area contributed by atoms with Crippen molar-refractivity contribution in [2.75, 3.05) is 38.6 Å². The first kappa shape index (κ1) is 36.1. The van der Waals surface area contributed by atoms with Crippen molar-refractivity contribution in [3.05, 3.63) is 87.5 Å². The molecule has 5 rings (SSSR count). The number of amides is 3. The number of anilines is 1. The number of aliphatic hydroxyl groups is 1. The topological polar surface area (TPSA) is 141 Å². The quantitative estimate of drug-likeness (QED) is 0.177. The van der Waals surface area contributed by atoms with Gasteiger partial charge in [0.15, 0.2) is 11.4 Å². The lowest BCUT2D eigenvalue weighted by Gasteiger charge is -2.32. The van der Waals surface area contributed by atoms with Gasteiger partial charge in [-0.15, -0.1) is 0 Å². The van der Waals surface area contributed by atoms with Crippen molar-refractivity contribution in [3.8, 4) is 5.75 Å². The predicted octanol–water partition coefficient (Wildman–Crippen LogP) is 4.96. The van der Waals surface area contributed by atoms with E-state index in [-0.39, 0.29) is 54.8 Å². The summed E-state index contributed by atoms with van der Waals surface area (Å²) >= 11 is 13.4. The van der Waals surface area contributed by atoms with E-state index in [2.05, 4.69) is 15.6 Å². The second-order valence-electron chi connectivity index (χ2n) is 11.9. The number of halogens is 2. The number of carbonyl (C=O) groups excluding carboxylic acids is 3. The molecule has 4 heterocycles. The highest BCUT2D eigenvalue weighted by molar-refractivity contribution is 6.38. The molecule has 0 aliphatic carbocycles. The van der Waals surface area contributed by atoms with E-state index >= 15 is 0 Å². The number of nitrogens with one attached hydrogen (secondary N) is 2. The molecule has 49 heavy (non-hydrogen) atoms. The number of pyridine rings is 2. The maximum absolute atomic E-state index is 13.1. The molecule has 1 aliphatic heterocycles. The summed E-state index contributed by atoms with van der Waals surface area (Å²) in [6.07, 6.45) is 4.67. The van der Waals surface area contributed by atoms with E-state index in [0.29, 0.717) is 64.3 Å². The van der Waals surface area contributed by atoms with Gasteiger partial charge in [-0.05, 0) is 55.7 Å². The highest BCUT2D eigenvalue weighted by Crippen LogP contribution is 2.36. The van der Waals surface area contributed by atoms with E-state index in [1.54, 1.807) is 66.0 Å². The summed E-state index contributed by atoms with van der Waals surface area (Å²) in [5.74, 6) is 0.126. The van der Waals surface area contributed by atoms with Crippen molar-refractivity contribution >= 4 is 52.3 Å². The predicted molar refractivity (Wildman–Crippen MR) is 188 cm³/mol. The molecule has 0 bridgehead atoms. The number of benzene rings is 1. The van der Waals surface area contributed by atoms with Crippen LogP contribution in [0.3, 0.4) is 0 Å². The zero-order chi connectivity index (χ0) is 35.1. The van der Waals surface area contributed by atoms with E-state index in [1.807, 2.05) is 19.2 Å². The van der Waals surface area contributed by atoms with Crippen LogP contribution in [0.2, 0.25) is 10.0 Å². The molecule has 3 N–H and O–H groups in total. The fourth-order valence-electron chi connectivity index (χ4n) is 5.91. The maximum Gasteiger partial charge on any atom is 0.317 e. The molecule has 3 amide bonds. The molecule has 0 saturated carbocycles. The molecule has 260 valence electrons. The van der Waals surface area contributed by atoms with Crippen LogP contribution in [0.5, 0.6) is 5.75 Å². The number of likely N-dealkylation sites (tertiary alicyclic amines) is 1. The second kappa shape index (κ2) is 16.4. The third-order valence-electron chi connectivity index (χ3n) is 8.76. The number of hydrogen-bond donors (Lipinski definition) is 3. The average molecular weight is 711 g/mol. The Labute approximate surface area is 295 Å². The van der Waals surface area contributed by atoms with Gasteiger partial charge in [-0.3, -0.25) is 19.0 Å². The third kappa shape index (κ3) is 8.33. The fraction of sp³-hybridized carbons (Fsp3) is 0.400. The van der Waals surface area contributed by atoms with Crippen LogP contribution in [0.4, 0.5) is 10.5 Å². The molecule has 1 saturated heterocycles. The zero-order valence-electron chi connectivity index (χ0n) is 27.8. The van der Waals surface area contributed by atoms with E-state index < -0.39 is 6.10 Å². The summed E-state index contributed by atoms with van der Waals surface area (Å²) in [6.45, 7) is 3.37. The first-order chi connectivity index (χ1) is 23.6. The largest absolute Gasteiger partial charge is 0.485 e. The number of imidazole rings is 1. The normalized spacial score (nSPS) is 14.1. The molecule has 0 radical (unpaired) electrons. The van der Waals surface area contributed by atoms with Crippen LogP contribution in [-0.2, 0) is 22.6 Å². The average Bonchev–Trinajstić information content (AvgIpc) is 3.52. The maximum atomic E-state index is 13.1. The number of aromatic nitrogens is 3. The lowest BCUT2D eigenvalue weighted by atomic mass is 10.0. The van der Waals surface area contributed by atoms with Gasteiger partial charge in [0, 0.05) is 69.0 Å². The molecule has 14 heteroatoms. The summed E-state index contributed by atoms with van der Waals surface area (Å²) in [6, 6.07) is 12.3. The zero-order valence-corrected chi connectivity index (χ0v) is 29.3. The minimum absolute atomic E-state index is 0.00808. The van der Waals surface area contributed by atoms with Crippen molar-refractivity contribution < 1.29 is 24.2 Å². The number of nitrogens with zero attached hydrogens (tertiary/aromatic N) is 5. The highest BCUT2D eigenvalue weighted by atomic mass is 35.5. The number of ether oxygens (including phenoxy) is 1. The lowest BCUT2D eigenvalue weighted by molar-refractivity contribution is -0.123. The van der Waals surface area contributed by atoms with Crippen LogP contribution in [0.15, 0.2) is 54.9 Å². The number of Topliss-reactive ketones (excluding diaryl/α,β-unsaturated/α-hetero) is 1. The fourth-order valence-corrected chi connectivity index (χ4v) is 6.52. The van der Waals surface area contributed by atoms with E-state index in [4.69, 9.17) is 32.9 Å². The van der Waals surface area contributed by atoms with Crippen molar-refractivity contribution in [1.29, 1.82) is 0 Å². The Morgan fingerprint density at radius 2 is 1.88 bits per heavy atom. The number of hydrogen-bond acceptors (Lipinski definition) is 8. The Hall–Kier alpha value is -4.23. The molecule has 1 aliphatic rings. The molecule has 1 unspecified atom stereocenters. The lowest BCUT2D eigenvalue weighted by Crippen LogP contribution is -2.48. The van der Waals surface area contributed by atoms with E-state index in [1.165, 1.54) is 4.90 Å². The molecular weight excluding hydrogens is 669 g/mol. The Morgan fingerprint density at radius 3 is 2.57 bits per heavy atom. The van der Waals surface area contributed by atoms with Crippen molar-refractivity contribution in [1.82, 2.24) is 29.9 Å². The summed E-state index contributed by atoms with van der Waals surface area (Å²) in [5.41, 5.74) is 3.28. The smallest absolute Gasteiger partial charge is 0.317 e. The standard InChI is InChI=1S/C35H41Cl2N7O5/c1-4-26-32(33(47)27-8-5-6-16-39-27)44-17-7-9-29(34(44)41-26)49-21-24-25(36)11-12-28(31(24)37)42(3)30(46)13-10-23(45)20-40-22-14-18-43(19-15-22)35(48)38-2/h5-9,11-12,16-17,22,33,40,47H,4,10,13-15,18-21H2,1-3H3,(H,38,48). The summed E-state index contributed by atoms with van der Waals surface area (Å²) in [7, 11) is 3.22. The van der Waals surface area contributed by atoms with Crippen LogP contribution in [0.1, 0.15) is 61.4 Å². The van der Waals surface area contributed by atoms with Gasteiger partial charge in [-0.2, -0.15) is 0 Å². The molecule has 3 aromatic heterocycles. The van der Waals surface area contributed by atoms with E-state index in [0.717, 1.165) is 12.8 Å². The number of rotatable bonds is 13. The minimum Gasteiger partial charge on any atom is -0.485 e. The van der Waals surface area contributed by atoms with Gasteiger partial charge < -0.3 is 30.3 Å². The van der Waals surface area contributed by atoms with Crippen molar-refractivity contribution in [2.24, 2.45) is 0 Å². The van der Waals surface area contributed by atoms with Crippen molar-refractivity contribution in [3.63, 3.8) is 0 Å². The highest BCUT2D eigenvalue weighted by Gasteiger charge is 2.25. The molecule has 0 spiro atoms. The molecule has 12 nitrogen and oxygen atoms in total. The van der Waals surface area contributed by atoms with Crippen LogP contribution in [-0.4, -0.2) is 81.9 Å². The van der Waals surface area contributed by atoms with Gasteiger partial charge in [0.2, 0.25) is 5.91 Å². The monoisotopic (exact) mass is 709 g/mol. The Kier molecular flexibility index (Phi) is 12.1. The Bertz CT molecular complexity index is 1790. The molecule has 1 aromatic carbocycles. The molecule has 4 aromatic rings. The first-order valence-electron chi connectivity index (χ1n) is 16.3. The van der Waals surface area contributed by atoms with Crippen LogP contribution >= 0.6 is 23.2 Å². The van der Waals surface area contributed by atoms with E-state index in [9.17, 15) is 19.5 Å². The number of carbonyl (C=O) groups is 3. The number of fused-ring (bicyclic) bond motifs is 1. The number of piperidine rings is 1. The van der Waals surface area contributed by atoms with Gasteiger partial charge in [0.25, 0.3) is 0 Å². The second-order valence-corrected chi connectivity index (χ2v) is 12.6. The van der Waals surface area contributed by atoms with Gasteiger partial charge in [0.05, 0.1) is 34.3 Å². The Morgan fingerprint density at radius 1 is 1.10 bits per heavy atom. The Balaban J connectivity index is 1.21. The van der Waals surface area contributed by atoms with Crippen LogP contribution in [0.25, 0.3) is 5.65 Å². The molecule has 1 atom stereocenters. The third-order valence-corrected chi connectivity index (χ3v) is 9.54. The van der Waals surface area contributed by atoms with Crippen LogP contribution < -0.4 is 20.3 Å². The number of urea groups is 1. The van der Waals surface area contributed by atoms with Crippen molar-refractivity contribution in [2.45, 2.75) is 57.8 Å². The SMILES string of the molecule is CCc1nc2c(OCc3c(Cl)ccc(N(C)C(=O)CCC(=O)CNC4CCN(C(=O)NC)CC4)c3Cl)cccn2c1C(O)c1ccccn1. The van der Waals surface area contributed by atoms with Crippen LogP contribution in [0, 0.1) is 0 Å². The summed E-state index contributed by atoms with van der Waals surface area (Å²) in [4.78, 5) is 49.8. The minimum atomic E-state index is -0.985. The van der Waals surface area contributed by atoms with Gasteiger partial charge in [-0.25, -0.2) is 9.78 Å². The summed E-state index contributed by atoms with van der Waals surface area (Å²) in [5, 5.41) is 17.7. The number of aryl methyl sites for hydroxylation is 1. The number of aliphatic hydroxyl groups excluding tert-OH is 1. The molecule has 1 fully saturated rings.